The molecule has 1 aromatic heterocycles. The molecule has 0 radical (unpaired) electrons. The molecule has 6 heteroatoms. The predicted octanol–water partition coefficient (Wildman–Crippen LogP) is 4.76. The standard InChI is InChI=1S/C25H30N4O2/c1-16-14-19(12-13-26-16)29-22-11-10-21-20(9-8-17(2)28(21)25(30)31)24(22)27-23(29)15-18-6-4-3-5-7-18/h3-7,10-11,16-17,19,26H,8-9,12-15H2,1-2H3,(H,30,31)/t16?,17-,19?/m0/s1. The van der Waals surface area contributed by atoms with Crippen LogP contribution in [0.3, 0.4) is 0 Å². The van der Waals surface area contributed by atoms with Gasteiger partial charge in [-0.05, 0) is 63.8 Å². The number of benzene rings is 2. The van der Waals surface area contributed by atoms with Crippen LogP contribution in [0.4, 0.5) is 10.5 Å². The molecule has 1 amide bonds. The zero-order valence-electron chi connectivity index (χ0n) is 18.2. The highest BCUT2D eigenvalue weighted by molar-refractivity contribution is 5.94. The number of rotatable bonds is 3. The number of carboxylic acid groups (broad SMARTS) is 1. The number of hydrogen-bond acceptors (Lipinski definition) is 3. The van der Waals surface area contributed by atoms with Gasteiger partial charge in [-0.15, -0.1) is 0 Å². The van der Waals surface area contributed by atoms with E-state index in [4.69, 9.17) is 4.98 Å². The van der Waals surface area contributed by atoms with Gasteiger partial charge in [0.05, 0.1) is 16.7 Å². The quantitative estimate of drug-likeness (QED) is 0.643. The van der Waals surface area contributed by atoms with Gasteiger partial charge >= 0.3 is 6.09 Å². The van der Waals surface area contributed by atoms with Crippen molar-refractivity contribution in [2.24, 2.45) is 0 Å². The number of imidazole rings is 1. The van der Waals surface area contributed by atoms with Crippen molar-refractivity contribution in [2.45, 2.75) is 64.1 Å². The number of nitrogens with one attached hydrogen (secondary N) is 1. The van der Waals surface area contributed by atoms with Crippen molar-refractivity contribution in [3.05, 3.63) is 59.4 Å². The summed E-state index contributed by atoms with van der Waals surface area (Å²) in [5.41, 5.74) is 5.24. The highest BCUT2D eigenvalue weighted by Crippen LogP contribution is 2.38. The zero-order chi connectivity index (χ0) is 21.5. The van der Waals surface area contributed by atoms with Gasteiger partial charge in [0, 0.05) is 30.1 Å². The van der Waals surface area contributed by atoms with Crippen LogP contribution in [-0.4, -0.2) is 39.4 Å². The van der Waals surface area contributed by atoms with E-state index in [1.807, 2.05) is 19.1 Å². The fraction of sp³-hybridized carbons (Fsp3) is 0.440. The number of hydrogen-bond donors (Lipinski definition) is 2. The second kappa shape index (κ2) is 8.00. The molecular formula is C25H30N4O2. The summed E-state index contributed by atoms with van der Waals surface area (Å²) in [6.07, 6.45) is 3.73. The topological polar surface area (TPSA) is 70.4 Å². The third-order valence-electron chi connectivity index (χ3n) is 6.90. The Balaban J connectivity index is 1.67. The highest BCUT2D eigenvalue weighted by atomic mass is 16.4. The van der Waals surface area contributed by atoms with Gasteiger partial charge in [0.15, 0.2) is 0 Å². The van der Waals surface area contributed by atoms with Crippen molar-refractivity contribution in [3.63, 3.8) is 0 Å². The molecular weight excluding hydrogens is 388 g/mol. The minimum atomic E-state index is -0.885. The minimum Gasteiger partial charge on any atom is -0.465 e. The first-order valence-corrected chi connectivity index (χ1v) is 11.3. The van der Waals surface area contributed by atoms with E-state index in [2.05, 4.69) is 47.1 Å². The summed E-state index contributed by atoms with van der Waals surface area (Å²) in [5.74, 6) is 1.08. The fourth-order valence-corrected chi connectivity index (χ4v) is 5.39. The summed E-state index contributed by atoms with van der Waals surface area (Å²) in [5, 5.41) is 13.4. The van der Waals surface area contributed by atoms with Crippen molar-refractivity contribution in [3.8, 4) is 0 Å². The predicted molar refractivity (Wildman–Crippen MR) is 123 cm³/mol. The molecule has 0 saturated carbocycles. The lowest BCUT2D eigenvalue weighted by atomic mass is 9.95. The Bertz CT molecular complexity index is 1110. The van der Waals surface area contributed by atoms with Crippen molar-refractivity contribution in [1.82, 2.24) is 14.9 Å². The van der Waals surface area contributed by atoms with Gasteiger partial charge in [0.25, 0.3) is 0 Å². The lowest BCUT2D eigenvalue weighted by molar-refractivity contribution is 0.198. The maximum Gasteiger partial charge on any atom is 0.412 e. The van der Waals surface area contributed by atoms with Gasteiger partial charge in [0.1, 0.15) is 5.82 Å². The molecule has 1 fully saturated rings. The summed E-state index contributed by atoms with van der Waals surface area (Å²) >= 11 is 0. The fourth-order valence-electron chi connectivity index (χ4n) is 5.39. The molecule has 2 aromatic carbocycles. The van der Waals surface area contributed by atoms with E-state index < -0.39 is 6.09 Å². The van der Waals surface area contributed by atoms with Gasteiger partial charge in [-0.25, -0.2) is 9.78 Å². The van der Waals surface area contributed by atoms with Crippen LogP contribution in [-0.2, 0) is 12.8 Å². The van der Waals surface area contributed by atoms with Gasteiger partial charge in [-0.1, -0.05) is 30.3 Å². The van der Waals surface area contributed by atoms with E-state index in [9.17, 15) is 9.90 Å². The van der Waals surface area contributed by atoms with Gasteiger partial charge in [-0.2, -0.15) is 0 Å². The molecule has 2 aliphatic heterocycles. The second-order valence-electron chi connectivity index (χ2n) is 9.07. The van der Waals surface area contributed by atoms with Crippen LogP contribution < -0.4 is 10.2 Å². The smallest absolute Gasteiger partial charge is 0.412 e. The Morgan fingerprint density at radius 2 is 1.97 bits per heavy atom. The average molecular weight is 419 g/mol. The maximum absolute atomic E-state index is 12.0. The van der Waals surface area contributed by atoms with E-state index in [-0.39, 0.29) is 6.04 Å². The summed E-state index contributed by atoms with van der Waals surface area (Å²) in [7, 11) is 0. The van der Waals surface area contributed by atoms with Crippen molar-refractivity contribution >= 4 is 22.8 Å². The summed E-state index contributed by atoms with van der Waals surface area (Å²) in [6, 6.07) is 15.4. The van der Waals surface area contributed by atoms with E-state index in [1.54, 1.807) is 0 Å². The molecule has 162 valence electrons. The number of amides is 1. The van der Waals surface area contributed by atoms with Crippen LogP contribution in [0, 0.1) is 0 Å². The minimum absolute atomic E-state index is 0.0152. The lowest BCUT2D eigenvalue weighted by Gasteiger charge is -2.33. The number of aromatic nitrogens is 2. The van der Waals surface area contributed by atoms with Crippen LogP contribution in [0.25, 0.3) is 11.0 Å². The van der Waals surface area contributed by atoms with Gasteiger partial charge in [-0.3, -0.25) is 4.90 Å². The number of fused-ring (bicyclic) bond motifs is 3. The molecule has 1 saturated heterocycles. The number of nitrogens with zero attached hydrogens (tertiary/aromatic N) is 3. The first-order valence-electron chi connectivity index (χ1n) is 11.3. The molecule has 0 spiro atoms. The molecule has 0 aliphatic carbocycles. The molecule has 3 atom stereocenters. The van der Waals surface area contributed by atoms with Gasteiger partial charge in [0.2, 0.25) is 0 Å². The molecule has 2 N–H and O–H groups in total. The summed E-state index contributed by atoms with van der Waals surface area (Å²) < 4.78 is 2.45. The first kappa shape index (κ1) is 20.1. The number of aryl methyl sites for hydroxylation is 1. The Morgan fingerprint density at radius 1 is 1.16 bits per heavy atom. The van der Waals surface area contributed by atoms with Crippen LogP contribution in [0.1, 0.15) is 56.1 Å². The monoisotopic (exact) mass is 418 g/mol. The third-order valence-corrected chi connectivity index (χ3v) is 6.90. The van der Waals surface area contributed by atoms with E-state index in [1.165, 1.54) is 10.5 Å². The van der Waals surface area contributed by atoms with Crippen molar-refractivity contribution < 1.29 is 9.90 Å². The van der Waals surface area contributed by atoms with Gasteiger partial charge < -0.3 is 15.0 Å². The Kier molecular flexibility index (Phi) is 5.18. The van der Waals surface area contributed by atoms with E-state index in [0.29, 0.717) is 12.1 Å². The molecule has 2 unspecified atom stereocenters. The van der Waals surface area contributed by atoms with E-state index >= 15 is 0 Å². The first-order chi connectivity index (χ1) is 15.0. The molecule has 3 aromatic rings. The summed E-state index contributed by atoms with van der Waals surface area (Å²) in [6.45, 7) is 5.23. The largest absolute Gasteiger partial charge is 0.465 e. The molecule has 31 heavy (non-hydrogen) atoms. The highest BCUT2D eigenvalue weighted by Gasteiger charge is 2.32. The molecule has 0 bridgehead atoms. The van der Waals surface area contributed by atoms with Crippen LogP contribution >= 0.6 is 0 Å². The van der Waals surface area contributed by atoms with Crippen molar-refractivity contribution in [1.29, 1.82) is 0 Å². The average Bonchev–Trinajstić information content (AvgIpc) is 3.12. The number of anilines is 1. The lowest BCUT2D eigenvalue weighted by Crippen LogP contribution is -2.41. The number of piperidine rings is 1. The van der Waals surface area contributed by atoms with Crippen molar-refractivity contribution in [2.75, 3.05) is 11.4 Å². The summed E-state index contributed by atoms with van der Waals surface area (Å²) in [4.78, 5) is 18.6. The normalized spacial score (nSPS) is 23.7. The zero-order valence-corrected chi connectivity index (χ0v) is 18.2. The Labute approximate surface area is 182 Å². The van der Waals surface area contributed by atoms with Crippen LogP contribution in [0.15, 0.2) is 42.5 Å². The Hall–Kier alpha value is -2.86. The second-order valence-corrected chi connectivity index (χ2v) is 9.07. The Morgan fingerprint density at radius 3 is 2.71 bits per heavy atom. The molecule has 2 aliphatic rings. The maximum atomic E-state index is 12.0. The SMILES string of the molecule is CC1CC(n2c(Cc3ccccc3)nc3c4c(ccc32)N(C(=O)O)[C@@H](C)CC4)CCN1. The van der Waals surface area contributed by atoms with Crippen LogP contribution in [0.5, 0.6) is 0 Å². The molecule has 5 rings (SSSR count). The molecule has 6 nitrogen and oxygen atoms in total. The van der Waals surface area contributed by atoms with Crippen LogP contribution in [0.2, 0.25) is 0 Å². The third kappa shape index (κ3) is 3.59. The number of carbonyl (C=O) groups is 1. The van der Waals surface area contributed by atoms with E-state index in [0.717, 1.165) is 66.8 Å². The molecule has 3 heterocycles.